The molecule has 1 aliphatic rings. The first-order valence-corrected chi connectivity index (χ1v) is 6.16. The summed E-state index contributed by atoms with van der Waals surface area (Å²) in [6.45, 7) is 2.99. The smallest absolute Gasteiger partial charge is 0.220 e. The number of guanidine groups is 2. The van der Waals surface area contributed by atoms with E-state index in [2.05, 4.69) is 17.3 Å². The lowest BCUT2D eigenvalue weighted by atomic mass is 10.1. The topological polar surface area (TPSA) is 91.5 Å². The summed E-state index contributed by atoms with van der Waals surface area (Å²) in [5.74, 6) is 0.0420. The number of nitrogens with two attached hydrogens (primary N) is 2. The summed E-state index contributed by atoms with van der Waals surface area (Å²) >= 11 is 1.87. The van der Waals surface area contributed by atoms with Crippen molar-refractivity contribution in [3.05, 3.63) is 11.0 Å². The van der Waals surface area contributed by atoms with Crippen LogP contribution >= 0.6 is 11.8 Å². The molecule has 5 N–H and O–H groups in total. The number of hydrogen-bond donors (Lipinski definition) is 3. The number of thioether (sulfide) groups is 1. The Morgan fingerprint density at radius 2 is 2.38 bits per heavy atom. The normalized spacial score (nSPS) is 19.1. The van der Waals surface area contributed by atoms with E-state index in [0.29, 0.717) is 5.25 Å². The van der Waals surface area contributed by atoms with Crippen LogP contribution in [0.3, 0.4) is 0 Å². The lowest BCUT2D eigenvalue weighted by Gasteiger charge is -2.17. The van der Waals surface area contributed by atoms with Crippen molar-refractivity contribution in [1.82, 2.24) is 4.90 Å². The molecular weight excluding hydrogens is 222 g/mol. The minimum atomic E-state index is -0.0684. The molecule has 1 heterocycles. The lowest BCUT2D eigenvalue weighted by molar-refractivity contribution is 0.495. The van der Waals surface area contributed by atoms with E-state index in [4.69, 9.17) is 16.9 Å². The number of nitrogens with one attached hydrogen (secondary N) is 1. The zero-order valence-electron chi connectivity index (χ0n) is 9.73. The highest BCUT2D eigenvalue weighted by Gasteiger charge is 2.13. The van der Waals surface area contributed by atoms with Gasteiger partial charge in [-0.3, -0.25) is 5.41 Å². The number of aliphatic imine (C=N–C) groups is 1. The fourth-order valence-corrected chi connectivity index (χ4v) is 2.41. The fraction of sp³-hybridized carbons (Fsp3) is 0.600. The van der Waals surface area contributed by atoms with Gasteiger partial charge in [-0.1, -0.05) is 12.5 Å². The van der Waals surface area contributed by atoms with Crippen LogP contribution in [0.15, 0.2) is 16.0 Å². The largest absolute Gasteiger partial charge is 0.370 e. The van der Waals surface area contributed by atoms with Crippen molar-refractivity contribution in [2.45, 2.75) is 25.0 Å². The highest BCUT2D eigenvalue weighted by Crippen LogP contribution is 2.31. The van der Waals surface area contributed by atoms with Crippen molar-refractivity contribution in [3.8, 4) is 0 Å². The Morgan fingerprint density at radius 1 is 1.69 bits per heavy atom. The van der Waals surface area contributed by atoms with Crippen LogP contribution in [0.2, 0.25) is 0 Å². The van der Waals surface area contributed by atoms with Crippen LogP contribution in [0.4, 0.5) is 0 Å². The van der Waals surface area contributed by atoms with Gasteiger partial charge >= 0.3 is 0 Å². The summed E-state index contributed by atoms with van der Waals surface area (Å²) in [4.78, 5) is 5.44. The molecule has 1 atom stereocenters. The summed E-state index contributed by atoms with van der Waals surface area (Å²) < 4.78 is 0. The standard InChI is InChI=1S/C10H19N5S/c1-7-5-8(6-16-7)3-4-15(2)10(13)14-9(11)12/h6-7H,3-5H2,1-2H3,(H5,11,12,13,14). The monoisotopic (exact) mass is 241 g/mol. The predicted octanol–water partition coefficient (Wildman–Crippen LogP) is 0.926. The van der Waals surface area contributed by atoms with Crippen LogP contribution in [0, 0.1) is 5.41 Å². The maximum atomic E-state index is 7.59. The van der Waals surface area contributed by atoms with Gasteiger partial charge in [0.1, 0.15) is 0 Å². The Bertz CT molecular complexity index is 319. The van der Waals surface area contributed by atoms with E-state index in [0.717, 1.165) is 19.4 Å². The summed E-state index contributed by atoms with van der Waals surface area (Å²) in [7, 11) is 1.82. The number of nitrogens with zero attached hydrogens (tertiary/aromatic N) is 2. The van der Waals surface area contributed by atoms with E-state index in [9.17, 15) is 0 Å². The van der Waals surface area contributed by atoms with Crippen LogP contribution < -0.4 is 11.5 Å². The molecule has 1 aliphatic heterocycles. The van der Waals surface area contributed by atoms with Crippen molar-refractivity contribution in [2.75, 3.05) is 13.6 Å². The molecule has 0 radical (unpaired) electrons. The molecular formula is C10H19N5S. The zero-order chi connectivity index (χ0) is 12.1. The van der Waals surface area contributed by atoms with Crippen LogP contribution in [0.25, 0.3) is 0 Å². The average molecular weight is 241 g/mol. The molecule has 90 valence electrons. The van der Waals surface area contributed by atoms with Crippen molar-refractivity contribution in [1.29, 1.82) is 5.41 Å². The van der Waals surface area contributed by atoms with E-state index in [1.54, 1.807) is 4.90 Å². The first kappa shape index (κ1) is 12.9. The van der Waals surface area contributed by atoms with Gasteiger partial charge in [-0.05, 0) is 18.2 Å². The predicted molar refractivity (Wildman–Crippen MR) is 70.5 cm³/mol. The number of hydrogen-bond acceptors (Lipinski definition) is 2. The van der Waals surface area contributed by atoms with Gasteiger partial charge in [-0.2, -0.15) is 4.99 Å². The lowest BCUT2D eigenvalue weighted by Crippen LogP contribution is -2.31. The minimum Gasteiger partial charge on any atom is -0.370 e. The molecule has 1 unspecified atom stereocenters. The first-order chi connectivity index (χ1) is 7.49. The third kappa shape index (κ3) is 4.14. The second-order valence-corrected chi connectivity index (χ2v) is 5.27. The van der Waals surface area contributed by atoms with Gasteiger partial charge in [0.15, 0.2) is 5.96 Å². The molecule has 0 aromatic carbocycles. The molecule has 1 rings (SSSR count). The Kier molecular flexibility index (Phi) is 4.67. The molecule has 0 spiro atoms. The highest BCUT2D eigenvalue weighted by atomic mass is 32.2. The molecule has 0 saturated carbocycles. The van der Waals surface area contributed by atoms with Gasteiger partial charge in [-0.25, -0.2) is 0 Å². The first-order valence-electron chi connectivity index (χ1n) is 5.21. The maximum Gasteiger partial charge on any atom is 0.220 e. The van der Waals surface area contributed by atoms with Crippen molar-refractivity contribution < 1.29 is 0 Å². The van der Waals surface area contributed by atoms with Crippen LogP contribution in [0.1, 0.15) is 19.8 Å². The fourth-order valence-electron chi connectivity index (χ4n) is 1.46. The molecule has 0 aromatic heterocycles. The Morgan fingerprint density at radius 3 is 2.88 bits per heavy atom. The van der Waals surface area contributed by atoms with Crippen LogP contribution in [0.5, 0.6) is 0 Å². The van der Waals surface area contributed by atoms with Gasteiger partial charge in [0.05, 0.1) is 0 Å². The third-order valence-electron chi connectivity index (χ3n) is 2.38. The van der Waals surface area contributed by atoms with E-state index < -0.39 is 0 Å². The van der Waals surface area contributed by atoms with Gasteiger partial charge in [-0.15, -0.1) is 11.8 Å². The highest BCUT2D eigenvalue weighted by molar-refractivity contribution is 8.03. The maximum absolute atomic E-state index is 7.59. The van der Waals surface area contributed by atoms with Gasteiger partial charge < -0.3 is 16.4 Å². The van der Waals surface area contributed by atoms with Crippen molar-refractivity contribution in [2.24, 2.45) is 16.5 Å². The van der Waals surface area contributed by atoms with E-state index >= 15 is 0 Å². The van der Waals surface area contributed by atoms with Gasteiger partial charge in [0.2, 0.25) is 5.96 Å². The van der Waals surface area contributed by atoms with Crippen molar-refractivity contribution >= 4 is 23.7 Å². The van der Waals surface area contributed by atoms with Crippen LogP contribution in [-0.4, -0.2) is 35.7 Å². The van der Waals surface area contributed by atoms with E-state index in [1.807, 2.05) is 18.8 Å². The summed E-state index contributed by atoms with van der Waals surface area (Å²) in [6.07, 6.45) is 2.12. The SMILES string of the molecule is CC1CC(CCN(C)C(=N)N=C(N)N)=CS1. The second-order valence-electron chi connectivity index (χ2n) is 3.96. The molecule has 5 nitrogen and oxygen atoms in total. The number of rotatable bonds is 3. The molecule has 0 saturated heterocycles. The Labute approximate surface area is 100 Å². The van der Waals surface area contributed by atoms with Gasteiger partial charge in [0.25, 0.3) is 0 Å². The zero-order valence-corrected chi connectivity index (χ0v) is 10.5. The van der Waals surface area contributed by atoms with Crippen molar-refractivity contribution in [3.63, 3.8) is 0 Å². The minimum absolute atomic E-state index is 0.0684. The molecule has 0 bridgehead atoms. The molecule has 0 aromatic rings. The van der Waals surface area contributed by atoms with Crippen LogP contribution in [-0.2, 0) is 0 Å². The second kappa shape index (κ2) is 5.79. The van der Waals surface area contributed by atoms with E-state index in [-0.39, 0.29) is 11.9 Å². The van der Waals surface area contributed by atoms with Gasteiger partial charge in [0, 0.05) is 18.8 Å². The summed E-state index contributed by atoms with van der Waals surface area (Å²) in [5, 5.41) is 10.5. The van der Waals surface area contributed by atoms with E-state index in [1.165, 1.54) is 5.57 Å². The molecule has 0 fully saturated rings. The quantitative estimate of drug-likeness (QED) is 0.506. The molecule has 0 amide bonds. The molecule has 16 heavy (non-hydrogen) atoms. The average Bonchev–Trinajstić information content (AvgIpc) is 2.59. The molecule has 0 aliphatic carbocycles. The molecule has 6 heteroatoms. The summed E-state index contributed by atoms with van der Waals surface area (Å²) in [6, 6.07) is 0. The summed E-state index contributed by atoms with van der Waals surface area (Å²) in [5.41, 5.74) is 11.9. The Hall–Kier alpha value is -1.17. The third-order valence-corrected chi connectivity index (χ3v) is 3.48. The Balaban J connectivity index is 2.33.